The number of nitrogens with zero attached hydrogens (tertiary/aromatic N) is 2. The summed E-state index contributed by atoms with van der Waals surface area (Å²) in [6.45, 7) is 5.03. The first-order valence-corrected chi connectivity index (χ1v) is 7.56. The molecule has 0 radical (unpaired) electrons. The Morgan fingerprint density at radius 1 is 1.40 bits per heavy atom. The zero-order valence-corrected chi connectivity index (χ0v) is 13.4. The van der Waals surface area contributed by atoms with Crippen LogP contribution >= 0.6 is 15.9 Å². The number of rotatable bonds is 4. The second-order valence-electron chi connectivity index (χ2n) is 5.66. The molecule has 0 amide bonds. The minimum absolute atomic E-state index is 0.145. The molecule has 0 aromatic heterocycles. The summed E-state index contributed by atoms with van der Waals surface area (Å²) in [5.41, 5.74) is 1.35. The van der Waals surface area contributed by atoms with Crippen LogP contribution < -0.4 is 5.32 Å². The van der Waals surface area contributed by atoms with Gasteiger partial charge in [-0.2, -0.15) is 0 Å². The predicted molar refractivity (Wildman–Crippen MR) is 82.8 cm³/mol. The summed E-state index contributed by atoms with van der Waals surface area (Å²) < 4.78 is 0.763. The maximum atomic E-state index is 10.9. The van der Waals surface area contributed by atoms with E-state index >= 15 is 0 Å². The third kappa shape index (κ3) is 3.77. The molecule has 1 aliphatic rings. The molecule has 2 rings (SSSR count). The Balaban J connectivity index is 2.03. The van der Waals surface area contributed by atoms with Crippen LogP contribution in [0.5, 0.6) is 0 Å². The van der Waals surface area contributed by atoms with Crippen molar-refractivity contribution in [1.29, 1.82) is 0 Å². The molecule has 1 aromatic carbocycles. The van der Waals surface area contributed by atoms with Crippen LogP contribution in [0.15, 0.2) is 22.7 Å². The molecule has 5 nitrogen and oxygen atoms in total. The quantitative estimate of drug-likeness (QED) is 0.675. The third-order valence-electron chi connectivity index (χ3n) is 4.12. The Labute approximate surface area is 127 Å². The van der Waals surface area contributed by atoms with Crippen LogP contribution in [0.1, 0.15) is 25.3 Å². The fourth-order valence-electron chi connectivity index (χ4n) is 2.54. The molecule has 0 bridgehead atoms. The lowest BCUT2D eigenvalue weighted by Gasteiger charge is -2.39. The Kier molecular flexibility index (Phi) is 4.78. The number of nitrogens with one attached hydrogen (secondary N) is 1. The third-order valence-corrected chi connectivity index (χ3v) is 4.58. The SMILES string of the molecule is CNC1(C)CCN(Cc2cc(Br)cc([N+](=O)[O-])c2)CC1. The molecule has 1 N–H and O–H groups in total. The van der Waals surface area contributed by atoms with Crippen molar-refractivity contribution >= 4 is 21.6 Å². The largest absolute Gasteiger partial charge is 0.314 e. The van der Waals surface area contributed by atoms with Crippen molar-refractivity contribution < 1.29 is 4.92 Å². The van der Waals surface area contributed by atoms with Crippen molar-refractivity contribution in [2.24, 2.45) is 0 Å². The molecule has 1 aliphatic heterocycles. The maximum absolute atomic E-state index is 10.9. The molecule has 0 spiro atoms. The topological polar surface area (TPSA) is 58.4 Å². The number of piperidine rings is 1. The van der Waals surface area contributed by atoms with Crippen molar-refractivity contribution in [3.05, 3.63) is 38.3 Å². The first-order valence-electron chi connectivity index (χ1n) is 6.77. The summed E-state index contributed by atoms with van der Waals surface area (Å²) in [6, 6.07) is 5.16. The number of non-ortho nitro benzene ring substituents is 1. The highest BCUT2D eigenvalue weighted by Crippen LogP contribution is 2.25. The van der Waals surface area contributed by atoms with E-state index in [4.69, 9.17) is 0 Å². The van der Waals surface area contributed by atoms with Crippen LogP contribution in [-0.4, -0.2) is 35.5 Å². The van der Waals surface area contributed by atoms with E-state index in [9.17, 15) is 10.1 Å². The van der Waals surface area contributed by atoms with E-state index in [1.165, 1.54) is 6.07 Å². The fourth-order valence-corrected chi connectivity index (χ4v) is 3.07. The Morgan fingerprint density at radius 2 is 2.05 bits per heavy atom. The highest BCUT2D eigenvalue weighted by molar-refractivity contribution is 9.10. The van der Waals surface area contributed by atoms with Gasteiger partial charge in [-0.15, -0.1) is 0 Å². The summed E-state index contributed by atoms with van der Waals surface area (Å²) in [5, 5.41) is 14.3. The fraction of sp³-hybridized carbons (Fsp3) is 0.571. The van der Waals surface area contributed by atoms with Gasteiger partial charge in [0.1, 0.15) is 0 Å². The molecule has 1 fully saturated rings. The molecule has 1 aromatic rings. The van der Waals surface area contributed by atoms with Crippen molar-refractivity contribution in [2.75, 3.05) is 20.1 Å². The lowest BCUT2D eigenvalue weighted by atomic mass is 9.90. The highest BCUT2D eigenvalue weighted by atomic mass is 79.9. The second-order valence-corrected chi connectivity index (χ2v) is 6.58. The number of likely N-dealkylation sites (tertiary alicyclic amines) is 1. The first-order chi connectivity index (χ1) is 9.42. The zero-order chi connectivity index (χ0) is 14.8. The van der Waals surface area contributed by atoms with Crippen LogP contribution in [-0.2, 0) is 6.54 Å². The molecule has 6 heteroatoms. The number of hydrogen-bond donors (Lipinski definition) is 1. The summed E-state index contributed by atoms with van der Waals surface area (Å²) in [7, 11) is 2.01. The van der Waals surface area contributed by atoms with Gasteiger partial charge in [0.05, 0.1) is 4.92 Å². The van der Waals surface area contributed by atoms with Crippen LogP contribution in [0.3, 0.4) is 0 Å². The number of nitro groups is 1. The highest BCUT2D eigenvalue weighted by Gasteiger charge is 2.28. The number of hydrogen-bond acceptors (Lipinski definition) is 4. The average Bonchev–Trinajstić information content (AvgIpc) is 2.41. The first kappa shape index (κ1) is 15.4. The second kappa shape index (κ2) is 6.20. The van der Waals surface area contributed by atoms with Crippen LogP contribution in [0, 0.1) is 10.1 Å². The van der Waals surface area contributed by atoms with E-state index in [-0.39, 0.29) is 16.1 Å². The average molecular weight is 342 g/mol. The molecule has 20 heavy (non-hydrogen) atoms. The molecular formula is C14H20BrN3O2. The Bertz CT molecular complexity index is 499. The van der Waals surface area contributed by atoms with Gasteiger partial charge in [-0.05, 0) is 38.4 Å². The van der Waals surface area contributed by atoms with E-state index in [2.05, 4.69) is 33.1 Å². The zero-order valence-electron chi connectivity index (χ0n) is 11.9. The van der Waals surface area contributed by atoms with Crippen LogP contribution in [0.2, 0.25) is 0 Å². The summed E-state index contributed by atoms with van der Waals surface area (Å²) in [6.07, 6.45) is 2.19. The summed E-state index contributed by atoms with van der Waals surface area (Å²) >= 11 is 3.34. The van der Waals surface area contributed by atoms with Crippen LogP contribution in [0.4, 0.5) is 5.69 Å². The molecular weight excluding hydrogens is 322 g/mol. The van der Waals surface area contributed by atoms with E-state index < -0.39 is 0 Å². The van der Waals surface area contributed by atoms with E-state index in [0.717, 1.165) is 42.5 Å². The Morgan fingerprint density at radius 3 is 2.60 bits per heavy atom. The molecule has 0 aliphatic carbocycles. The molecule has 0 atom stereocenters. The lowest BCUT2D eigenvalue weighted by Crippen LogP contribution is -2.49. The lowest BCUT2D eigenvalue weighted by molar-refractivity contribution is -0.385. The van der Waals surface area contributed by atoms with Gasteiger partial charge < -0.3 is 5.32 Å². The summed E-state index contributed by atoms with van der Waals surface area (Å²) in [5.74, 6) is 0. The monoisotopic (exact) mass is 341 g/mol. The van der Waals surface area contributed by atoms with Crippen molar-refractivity contribution in [1.82, 2.24) is 10.2 Å². The molecule has 110 valence electrons. The number of benzene rings is 1. The van der Waals surface area contributed by atoms with Gasteiger partial charge in [-0.1, -0.05) is 15.9 Å². The number of halogens is 1. The Hall–Kier alpha value is -0.980. The van der Waals surface area contributed by atoms with Gasteiger partial charge >= 0.3 is 0 Å². The van der Waals surface area contributed by atoms with Gasteiger partial charge in [0.2, 0.25) is 0 Å². The van der Waals surface area contributed by atoms with Crippen LogP contribution in [0.25, 0.3) is 0 Å². The van der Waals surface area contributed by atoms with Gasteiger partial charge in [0.15, 0.2) is 0 Å². The van der Waals surface area contributed by atoms with Gasteiger partial charge in [0.25, 0.3) is 5.69 Å². The van der Waals surface area contributed by atoms with Crippen molar-refractivity contribution in [3.63, 3.8) is 0 Å². The van der Waals surface area contributed by atoms with E-state index in [1.807, 2.05) is 13.1 Å². The smallest absolute Gasteiger partial charge is 0.270 e. The molecule has 1 saturated heterocycles. The molecule has 1 heterocycles. The number of nitro benzene ring substituents is 1. The minimum atomic E-state index is -0.345. The normalized spacial score (nSPS) is 18.9. The molecule has 0 unspecified atom stereocenters. The molecule has 0 saturated carbocycles. The standard InChI is InChI=1S/C14H20BrN3O2/c1-14(16-2)3-5-17(6-4-14)10-11-7-12(15)9-13(8-11)18(19)20/h7-9,16H,3-6,10H2,1-2H3. The van der Waals surface area contributed by atoms with Crippen molar-refractivity contribution in [2.45, 2.75) is 31.8 Å². The summed E-state index contributed by atoms with van der Waals surface area (Å²) in [4.78, 5) is 12.9. The van der Waals surface area contributed by atoms with Gasteiger partial charge in [-0.25, -0.2) is 0 Å². The maximum Gasteiger partial charge on any atom is 0.270 e. The van der Waals surface area contributed by atoms with Crippen molar-refractivity contribution in [3.8, 4) is 0 Å². The van der Waals surface area contributed by atoms with Gasteiger partial charge in [0, 0.05) is 41.8 Å². The van der Waals surface area contributed by atoms with E-state index in [1.54, 1.807) is 6.07 Å². The van der Waals surface area contributed by atoms with Gasteiger partial charge in [-0.3, -0.25) is 15.0 Å². The van der Waals surface area contributed by atoms with E-state index in [0.29, 0.717) is 0 Å². The predicted octanol–water partition coefficient (Wildman–Crippen LogP) is 2.93. The minimum Gasteiger partial charge on any atom is -0.314 e.